The summed E-state index contributed by atoms with van der Waals surface area (Å²) in [7, 11) is 1.62. The molecule has 0 aromatic rings. The molecule has 1 amide bonds. The molecule has 0 rings (SSSR count). The maximum Gasteiger partial charge on any atom is 0.222 e. The van der Waals surface area contributed by atoms with Crippen LogP contribution >= 0.6 is 0 Å². The van der Waals surface area contributed by atoms with Crippen LogP contribution in [0.5, 0.6) is 0 Å². The van der Waals surface area contributed by atoms with Crippen LogP contribution in [0.2, 0.25) is 0 Å². The topological polar surface area (TPSA) is 64.3 Å². The van der Waals surface area contributed by atoms with Gasteiger partial charge in [-0.2, -0.15) is 0 Å². The predicted molar refractivity (Wildman–Crippen MR) is 70.8 cm³/mol. The molecule has 0 aromatic carbocycles. The van der Waals surface area contributed by atoms with Crippen molar-refractivity contribution in [1.82, 2.24) is 5.32 Å². The lowest BCUT2D eigenvalue weighted by atomic mass is 9.82. The van der Waals surface area contributed by atoms with Gasteiger partial charge in [0.15, 0.2) is 0 Å². The summed E-state index contributed by atoms with van der Waals surface area (Å²) >= 11 is 0. The third-order valence-corrected chi connectivity index (χ3v) is 3.73. The summed E-state index contributed by atoms with van der Waals surface area (Å²) in [5, 5.41) is 2.97. The van der Waals surface area contributed by atoms with E-state index in [-0.39, 0.29) is 11.3 Å². The molecule has 0 aliphatic carbocycles. The first-order valence-corrected chi connectivity index (χ1v) is 6.36. The molecule has 0 aliphatic heterocycles. The first-order chi connectivity index (χ1) is 7.84. The molecule has 17 heavy (non-hydrogen) atoms. The Morgan fingerprint density at radius 1 is 1.29 bits per heavy atom. The fraction of sp³-hybridized carbons (Fsp3) is 0.923. The quantitative estimate of drug-likeness (QED) is 0.683. The first-order valence-electron chi connectivity index (χ1n) is 6.36. The minimum Gasteiger partial charge on any atom is -0.378 e. The molecule has 0 saturated carbocycles. The van der Waals surface area contributed by atoms with Gasteiger partial charge in [-0.25, -0.2) is 0 Å². The Morgan fingerprint density at radius 3 is 2.18 bits per heavy atom. The standard InChI is InChI=1S/C13H28N2O2/c1-6-13(7-2,9-14)10-15-11(16)8-12(3,4)17-5/h6-10,14H2,1-5H3,(H,15,16). The van der Waals surface area contributed by atoms with Crippen LogP contribution in [0, 0.1) is 5.41 Å². The van der Waals surface area contributed by atoms with Crippen LogP contribution in [0.25, 0.3) is 0 Å². The van der Waals surface area contributed by atoms with Crippen molar-refractivity contribution in [2.45, 2.75) is 52.6 Å². The molecule has 0 spiro atoms. The molecule has 102 valence electrons. The highest BCUT2D eigenvalue weighted by atomic mass is 16.5. The van der Waals surface area contributed by atoms with Crippen LogP contribution in [0.3, 0.4) is 0 Å². The lowest BCUT2D eigenvalue weighted by Crippen LogP contribution is -2.43. The number of nitrogens with two attached hydrogens (primary N) is 1. The number of nitrogens with one attached hydrogen (secondary N) is 1. The van der Waals surface area contributed by atoms with E-state index in [9.17, 15) is 4.79 Å². The highest BCUT2D eigenvalue weighted by Gasteiger charge is 2.26. The van der Waals surface area contributed by atoms with Crippen molar-refractivity contribution in [3.8, 4) is 0 Å². The number of carbonyl (C=O) groups excluding carboxylic acids is 1. The smallest absolute Gasteiger partial charge is 0.222 e. The number of methoxy groups -OCH3 is 1. The van der Waals surface area contributed by atoms with Gasteiger partial charge in [0.25, 0.3) is 0 Å². The number of amides is 1. The molecule has 0 fully saturated rings. The largest absolute Gasteiger partial charge is 0.378 e. The van der Waals surface area contributed by atoms with E-state index in [1.807, 2.05) is 13.8 Å². The molecule has 0 atom stereocenters. The van der Waals surface area contributed by atoms with Gasteiger partial charge in [0.2, 0.25) is 5.91 Å². The van der Waals surface area contributed by atoms with Gasteiger partial charge in [0.1, 0.15) is 0 Å². The average molecular weight is 244 g/mol. The maximum atomic E-state index is 11.8. The Morgan fingerprint density at radius 2 is 1.82 bits per heavy atom. The molecule has 0 unspecified atom stereocenters. The zero-order valence-corrected chi connectivity index (χ0v) is 11.9. The van der Waals surface area contributed by atoms with Gasteiger partial charge < -0.3 is 15.8 Å². The summed E-state index contributed by atoms with van der Waals surface area (Å²) in [5.41, 5.74) is 5.42. The van der Waals surface area contributed by atoms with Crippen LogP contribution in [0.4, 0.5) is 0 Å². The van der Waals surface area contributed by atoms with Gasteiger partial charge in [-0.3, -0.25) is 4.79 Å². The molecular formula is C13H28N2O2. The zero-order chi connectivity index (χ0) is 13.5. The Balaban J connectivity index is 4.23. The first kappa shape index (κ1) is 16.4. The average Bonchev–Trinajstić information content (AvgIpc) is 2.31. The SMILES string of the molecule is CCC(CC)(CN)CNC(=O)CC(C)(C)OC. The van der Waals surface area contributed by atoms with Crippen molar-refractivity contribution in [1.29, 1.82) is 0 Å². The molecule has 0 saturated heterocycles. The van der Waals surface area contributed by atoms with E-state index in [4.69, 9.17) is 10.5 Å². The van der Waals surface area contributed by atoms with Crippen molar-refractivity contribution < 1.29 is 9.53 Å². The van der Waals surface area contributed by atoms with Gasteiger partial charge in [0, 0.05) is 13.7 Å². The van der Waals surface area contributed by atoms with E-state index >= 15 is 0 Å². The van der Waals surface area contributed by atoms with E-state index < -0.39 is 5.60 Å². The zero-order valence-electron chi connectivity index (χ0n) is 11.9. The van der Waals surface area contributed by atoms with Crippen LogP contribution in [-0.4, -0.2) is 31.7 Å². The fourth-order valence-electron chi connectivity index (χ4n) is 1.67. The lowest BCUT2D eigenvalue weighted by molar-refractivity contribution is -0.126. The summed E-state index contributed by atoms with van der Waals surface area (Å²) < 4.78 is 5.23. The van der Waals surface area contributed by atoms with E-state index in [1.165, 1.54) is 0 Å². The second kappa shape index (κ2) is 6.97. The summed E-state index contributed by atoms with van der Waals surface area (Å²) in [6.45, 7) is 9.29. The minimum absolute atomic E-state index is 0.0246. The van der Waals surface area contributed by atoms with Gasteiger partial charge in [-0.15, -0.1) is 0 Å². The third kappa shape index (κ3) is 5.50. The molecule has 4 nitrogen and oxygen atoms in total. The molecule has 3 N–H and O–H groups in total. The van der Waals surface area contributed by atoms with Gasteiger partial charge in [0.05, 0.1) is 12.0 Å². The number of hydrogen-bond acceptors (Lipinski definition) is 3. The lowest BCUT2D eigenvalue weighted by Gasteiger charge is -2.31. The van der Waals surface area contributed by atoms with E-state index in [1.54, 1.807) is 7.11 Å². The summed E-state index contributed by atoms with van der Waals surface area (Å²) in [6, 6.07) is 0. The second-order valence-corrected chi connectivity index (χ2v) is 5.33. The maximum absolute atomic E-state index is 11.8. The van der Waals surface area contributed by atoms with Crippen molar-refractivity contribution >= 4 is 5.91 Å². The van der Waals surface area contributed by atoms with Crippen molar-refractivity contribution in [3.05, 3.63) is 0 Å². The molecule has 0 aliphatic rings. The van der Waals surface area contributed by atoms with Gasteiger partial charge in [-0.05, 0) is 38.6 Å². The molecule has 0 aromatic heterocycles. The Kier molecular flexibility index (Phi) is 6.72. The predicted octanol–water partition coefficient (Wildman–Crippen LogP) is 1.68. The number of hydrogen-bond donors (Lipinski definition) is 2. The number of carbonyl (C=O) groups is 1. The van der Waals surface area contributed by atoms with Crippen molar-refractivity contribution in [2.75, 3.05) is 20.2 Å². The van der Waals surface area contributed by atoms with Crippen LogP contribution in [0.1, 0.15) is 47.0 Å². The summed E-state index contributed by atoms with van der Waals surface area (Å²) in [5.74, 6) is 0.0246. The minimum atomic E-state index is -0.409. The Bertz CT molecular complexity index is 227. The Hall–Kier alpha value is -0.610. The molecular weight excluding hydrogens is 216 g/mol. The highest BCUT2D eigenvalue weighted by molar-refractivity contribution is 5.76. The van der Waals surface area contributed by atoms with Gasteiger partial charge in [-0.1, -0.05) is 13.8 Å². The molecule has 4 heteroatoms. The normalized spacial score (nSPS) is 12.6. The number of ether oxygens (including phenoxy) is 1. The molecule has 0 radical (unpaired) electrons. The van der Waals surface area contributed by atoms with Crippen LogP contribution in [-0.2, 0) is 9.53 Å². The summed E-state index contributed by atoms with van der Waals surface area (Å²) in [6.07, 6.45) is 2.33. The van der Waals surface area contributed by atoms with Crippen molar-refractivity contribution in [2.24, 2.45) is 11.1 Å². The Labute approximate surface area is 105 Å². The van der Waals surface area contributed by atoms with Crippen LogP contribution in [0.15, 0.2) is 0 Å². The van der Waals surface area contributed by atoms with Crippen molar-refractivity contribution in [3.63, 3.8) is 0 Å². The highest BCUT2D eigenvalue weighted by Crippen LogP contribution is 2.23. The third-order valence-electron chi connectivity index (χ3n) is 3.73. The number of rotatable bonds is 8. The molecule has 0 heterocycles. The van der Waals surface area contributed by atoms with E-state index in [0.717, 1.165) is 12.8 Å². The fourth-order valence-corrected chi connectivity index (χ4v) is 1.67. The summed E-state index contributed by atoms with van der Waals surface area (Å²) in [4.78, 5) is 11.8. The van der Waals surface area contributed by atoms with E-state index in [2.05, 4.69) is 19.2 Å². The van der Waals surface area contributed by atoms with Crippen LogP contribution < -0.4 is 11.1 Å². The second-order valence-electron chi connectivity index (χ2n) is 5.33. The van der Waals surface area contributed by atoms with Gasteiger partial charge >= 0.3 is 0 Å². The molecule has 0 bridgehead atoms. The monoisotopic (exact) mass is 244 g/mol. The van der Waals surface area contributed by atoms with E-state index in [0.29, 0.717) is 19.5 Å².